The molecule has 0 N–H and O–H groups in total. The van der Waals surface area contributed by atoms with Gasteiger partial charge in [0, 0.05) is 11.0 Å². The van der Waals surface area contributed by atoms with Crippen LogP contribution < -0.4 is 5.30 Å². The van der Waals surface area contributed by atoms with Gasteiger partial charge in [0.15, 0.2) is 0 Å². The molecule has 0 radical (unpaired) electrons. The van der Waals surface area contributed by atoms with Crippen molar-refractivity contribution in [3.63, 3.8) is 0 Å². The van der Waals surface area contributed by atoms with Crippen LogP contribution >= 0.6 is 9.18 Å². The maximum Gasteiger partial charge on any atom is 0.217 e. The lowest BCUT2D eigenvalue weighted by atomic mass is 9.74. The normalized spacial score (nSPS) is 25.2. The molecule has 144 valence electrons. The fourth-order valence-corrected chi connectivity index (χ4v) is 6.23. The predicted octanol–water partition coefficient (Wildman–Crippen LogP) is 4.88. The largest absolute Gasteiger partial charge is 0.475 e. The summed E-state index contributed by atoms with van der Waals surface area (Å²) in [4.78, 5) is 5.02. The smallest absolute Gasteiger partial charge is 0.217 e. The van der Waals surface area contributed by atoms with Crippen LogP contribution in [0.15, 0.2) is 71.7 Å². The van der Waals surface area contributed by atoms with Crippen molar-refractivity contribution in [2.24, 2.45) is 4.99 Å². The van der Waals surface area contributed by atoms with Crippen molar-refractivity contribution in [1.29, 1.82) is 1.28 Å². The highest BCUT2D eigenvalue weighted by Gasteiger charge is 2.47. The Morgan fingerprint density at radius 1 is 0.897 bits per heavy atom. The van der Waals surface area contributed by atoms with Gasteiger partial charge in [-0.2, -0.15) is 0 Å². The van der Waals surface area contributed by atoms with Crippen LogP contribution in [-0.2, 0) is 23.0 Å². The molecule has 1 aliphatic heterocycles. The van der Waals surface area contributed by atoms with Crippen LogP contribution in [0.1, 0.15) is 52.3 Å². The molecule has 3 aromatic rings. The van der Waals surface area contributed by atoms with Crippen molar-refractivity contribution >= 4 is 20.4 Å². The summed E-state index contributed by atoms with van der Waals surface area (Å²) in [5.74, 6) is 0.793. The van der Waals surface area contributed by atoms with E-state index in [1.54, 1.807) is 0 Å². The predicted molar refractivity (Wildman–Crippen MR) is 121 cm³/mol. The highest BCUT2D eigenvalue weighted by molar-refractivity contribution is 7.27. The monoisotopic (exact) mass is 398 g/mol. The molecular formula is C26H24NOP. The number of nitrogens with zero attached hydrogens (tertiary/aromatic N) is 1. The quantitative estimate of drug-likeness (QED) is 0.576. The molecule has 3 aromatic carbocycles. The van der Waals surface area contributed by atoms with Gasteiger partial charge in [0.25, 0.3) is 0 Å². The molecule has 0 bridgehead atoms. The summed E-state index contributed by atoms with van der Waals surface area (Å²) >= 11 is 0. The molecule has 0 aromatic heterocycles. The topological polar surface area (TPSA) is 21.6 Å². The van der Waals surface area contributed by atoms with Gasteiger partial charge in [0.2, 0.25) is 5.90 Å². The molecule has 3 heteroatoms. The Bertz CT molecular complexity index is 1150. The number of aryl methyl sites for hydroxylation is 2. The molecule has 0 fully saturated rings. The maximum absolute atomic E-state index is 8.17. The molecule has 1 unspecified atom stereocenters. The SMILES string of the molecule is [2H]Pc1cccc2c1[C@]1(CC2)CCc2cccc(C3=N[C@@H](c4ccccc4)CO3)c21. The number of hydrogen-bond donors (Lipinski definition) is 0. The van der Waals surface area contributed by atoms with Gasteiger partial charge in [-0.3, -0.25) is 0 Å². The molecule has 3 atom stereocenters. The number of aliphatic imine (C=N–C) groups is 1. The minimum Gasteiger partial charge on any atom is -0.475 e. The van der Waals surface area contributed by atoms with E-state index in [-0.39, 0.29) is 20.6 Å². The van der Waals surface area contributed by atoms with E-state index < -0.39 is 0 Å². The second kappa shape index (κ2) is 6.54. The summed E-state index contributed by atoms with van der Waals surface area (Å²) in [6.45, 7) is 0.603. The summed E-state index contributed by atoms with van der Waals surface area (Å²) in [6, 6.07) is 23.7. The minimum atomic E-state index is 0.0165. The van der Waals surface area contributed by atoms with Gasteiger partial charge in [0.05, 0.1) is 1.28 Å². The third-order valence-electron chi connectivity index (χ3n) is 6.97. The number of hydrogen-bond acceptors (Lipinski definition) is 2. The van der Waals surface area contributed by atoms with Gasteiger partial charge < -0.3 is 4.74 Å². The second-order valence-electron chi connectivity index (χ2n) is 8.43. The Kier molecular flexibility index (Phi) is 3.69. The van der Waals surface area contributed by atoms with E-state index >= 15 is 0 Å². The number of benzene rings is 3. The van der Waals surface area contributed by atoms with E-state index in [0.29, 0.717) is 6.61 Å². The fraction of sp³-hybridized carbons (Fsp3) is 0.269. The Labute approximate surface area is 175 Å². The van der Waals surface area contributed by atoms with Crippen molar-refractivity contribution in [2.75, 3.05) is 6.61 Å². The molecule has 1 heterocycles. The van der Waals surface area contributed by atoms with Crippen molar-refractivity contribution in [1.82, 2.24) is 0 Å². The highest BCUT2D eigenvalue weighted by atomic mass is 31.0. The molecular weight excluding hydrogens is 373 g/mol. The zero-order valence-corrected chi connectivity index (χ0v) is 17.3. The summed E-state index contributed by atoms with van der Waals surface area (Å²) in [5, 5.41) is 1.21. The van der Waals surface area contributed by atoms with Crippen LogP contribution in [0.2, 0.25) is 0 Å². The standard InChI is InChI=1S/C26H24NOP/c29-22-11-5-9-19-13-15-26(24(19)22)14-12-18-8-4-10-20(23(18)26)25-27-21(16-28-25)17-6-2-1-3-7-17/h1-11,21H,12-16,29H2/t21-,26+/m1/s1/i29D/t21-,26+,29?. The van der Waals surface area contributed by atoms with Gasteiger partial charge in [-0.1, -0.05) is 60.7 Å². The lowest BCUT2D eigenvalue weighted by Crippen LogP contribution is -2.28. The number of ether oxygens (including phenoxy) is 1. The van der Waals surface area contributed by atoms with Crippen LogP contribution in [0.4, 0.5) is 0 Å². The highest BCUT2D eigenvalue weighted by Crippen LogP contribution is 2.53. The average Bonchev–Trinajstić information content (AvgIpc) is 3.53. The Morgan fingerprint density at radius 3 is 2.45 bits per heavy atom. The zero-order chi connectivity index (χ0) is 20.1. The van der Waals surface area contributed by atoms with E-state index in [0.717, 1.165) is 31.6 Å². The first kappa shape index (κ1) is 16.4. The fourth-order valence-electron chi connectivity index (χ4n) is 5.74. The van der Waals surface area contributed by atoms with Crippen molar-refractivity contribution in [3.8, 4) is 0 Å². The first-order chi connectivity index (χ1) is 14.8. The summed E-state index contributed by atoms with van der Waals surface area (Å²) in [7, 11) is 0.0796. The molecule has 1 spiro atoms. The molecule has 0 amide bonds. The van der Waals surface area contributed by atoms with Gasteiger partial charge in [-0.15, -0.1) is 9.18 Å². The first-order valence-electron chi connectivity index (χ1n) is 11.0. The van der Waals surface area contributed by atoms with Crippen molar-refractivity contribution < 1.29 is 4.74 Å². The van der Waals surface area contributed by atoms with Crippen LogP contribution in [0.25, 0.3) is 0 Å². The van der Waals surface area contributed by atoms with Crippen molar-refractivity contribution in [3.05, 3.63) is 100 Å². The minimum absolute atomic E-state index is 0.0165. The molecule has 0 saturated heterocycles. The van der Waals surface area contributed by atoms with Crippen LogP contribution in [0.5, 0.6) is 0 Å². The lowest BCUT2D eigenvalue weighted by Gasteiger charge is -2.30. The van der Waals surface area contributed by atoms with Gasteiger partial charge in [0.1, 0.15) is 12.6 Å². The van der Waals surface area contributed by atoms with Gasteiger partial charge >= 0.3 is 0 Å². The average molecular weight is 398 g/mol. The number of rotatable bonds is 3. The Balaban J connectivity index is 1.49. The van der Waals surface area contributed by atoms with Crippen LogP contribution in [0, 0.1) is 0 Å². The van der Waals surface area contributed by atoms with Crippen molar-refractivity contribution in [2.45, 2.75) is 37.1 Å². The molecule has 6 rings (SSSR count). The van der Waals surface area contributed by atoms with E-state index in [2.05, 4.69) is 60.7 Å². The third kappa shape index (κ3) is 2.55. The summed E-state index contributed by atoms with van der Waals surface area (Å²) < 4.78 is 14.4. The van der Waals surface area contributed by atoms with Crippen LogP contribution in [0.3, 0.4) is 0 Å². The van der Waals surface area contributed by atoms with E-state index in [9.17, 15) is 0 Å². The van der Waals surface area contributed by atoms with Gasteiger partial charge in [-0.25, -0.2) is 4.99 Å². The van der Waals surface area contributed by atoms with E-state index in [1.807, 2.05) is 6.07 Å². The maximum atomic E-state index is 8.17. The summed E-state index contributed by atoms with van der Waals surface area (Å²) in [5.41, 5.74) is 8.11. The molecule has 2 nitrogen and oxygen atoms in total. The third-order valence-corrected chi connectivity index (χ3v) is 7.38. The molecule has 3 aliphatic rings. The Morgan fingerprint density at radius 2 is 1.66 bits per heavy atom. The summed E-state index contributed by atoms with van der Waals surface area (Å²) in [6.07, 6.45) is 4.45. The second-order valence-corrected chi connectivity index (χ2v) is 8.97. The van der Waals surface area contributed by atoms with E-state index in [1.165, 1.54) is 38.7 Å². The zero-order valence-electron chi connectivity index (χ0n) is 17.3. The molecule has 0 saturated carbocycles. The lowest BCUT2D eigenvalue weighted by molar-refractivity contribution is 0.319. The Hall–Kier alpha value is -2.44. The van der Waals surface area contributed by atoms with Crippen LogP contribution in [-0.4, -0.2) is 13.8 Å². The van der Waals surface area contributed by atoms with E-state index in [4.69, 9.17) is 11.0 Å². The first-order valence-corrected chi connectivity index (χ1v) is 11.0. The van der Waals surface area contributed by atoms with Gasteiger partial charge in [-0.05, 0) is 64.9 Å². The number of fused-ring (bicyclic) bond motifs is 4. The molecule has 29 heavy (non-hydrogen) atoms. The molecule has 2 aliphatic carbocycles.